The zero-order valence-electron chi connectivity index (χ0n) is 18.4. The molecular formula is C22H22Cl2N4O6S. The van der Waals surface area contributed by atoms with Crippen molar-refractivity contribution in [2.75, 3.05) is 23.8 Å². The monoisotopic (exact) mass is 540 g/mol. The normalized spacial score (nSPS) is 10.1. The zero-order valence-corrected chi connectivity index (χ0v) is 20.8. The summed E-state index contributed by atoms with van der Waals surface area (Å²) in [5.74, 6) is -2.13. The first-order valence-corrected chi connectivity index (χ1v) is 11.4. The molecule has 0 spiro atoms. The van der Waals surface area contributed by atoms with E-state index < -0.39 is 23.9 Å². The van der Waals surface area contributed by atoms with Crippen LogP contribution in [-0.4, -0.2) is 47.2 Å². The summed E-state index contributed by atoms with van der Waals surface area (Å²) in [7, 11) is 0. The van der Waals surface area contributed by atoms with Gasteiger partial charge in [0.25, 0.3) is 5.91 Å². The van der Waals surface area contributed by atoms with Crippen molar-refractivity contribution in [3.8, 4) is 0 Å². The Morgan fingerprint density at radius 2 is 1.83 bits per heavy atom. The van der Waals surface area contributed by atoms with Gasteiger partial charge in [0.1, 0.15) is 0 Å². The standard InChI is InChI=1S/C22H22Cl2N4O6S/c1-2-34-22(33)28-21(35)26-15-5-3-4-13(9-15)20(32)25-11-17(29)27-19-12(6-7-18(30)31)8-14(23)10-16(19)24/h3-5,8-10H,2,6-7,11H2,1H3,(H,25,32)(H,27,29)(H,30,31)(H2,26,28,33,35). The van der Waals surface area contributed by atoms with Crippen molar-refractivity contribution in [2.24, 2.45) is 0 Å². The van der Waals surface area contributed by atoms with Gasteiger partial charge in [-0.2, -0.15) is 0 Å². The fourth-order valence-corrected chi connectivity index (χ4v) is 3.60. The molecule has 0 saturated carbocycles. The van der Waals surface area contributed by atoms with Gasteiger partial charge >= 0.3 is 12.1 Å². The van der Waals surface area contributed by atoms with Crippen LogP contribution >= 0.6 is 35.4 Å². The van der Waals surface area contributed by atoms with Gasteiger partial charge < -0.3 is 25.8 Å². The van der Waals surface area contributed by atoms with E-state index in [1.54, 1.807) is 19.1 Å². The molecule has 0 aromatic heterocycles. The maximum Gasteiger partial charge on any atom is 0.413 e. The van der Waals surface area contributed by atoms with Crippen molar-refractivity contribution in [2.45, 2.75) is 19.8 Å². The number of rotatable bonds is 9. The van der Waals surface area contributed by atoms with Gasteiger partial charge in [-0.3, -0.25) is 19.7 Å². The van der Waals surface area contributed by atoms with Crippen molar-refractivity contribution in [3.05, 3.63) is 57.6 Å². The van der Waals surface area contributed by atoms with Crippen molar-refractivity contribution >= 4 is 75.8 Å². The second-order valence-electron chi connectivity index (χ2n) is 6.93. The largest absolute Gasteiger partial charge is 0.481 e. The summed E-state index contributed by atoms with van der Waals surface area (Å²) in [6.07, 6.45) is -0.791. The molecule has 0 fully saturated rings. The number of carboxylic acid groups (broad SMARTS) is 1. The number of nitrogens with one attached hydrogen (secondary N) is 4. The minimum atomic E-state index is -1.01. The Hall–Kier alpha value is -3.41. The van der Waals surface area contributed by atoms with Gasteiger partial charge in [0.15, 0.2) is 5.11 Å². The molecule has 0 radical (unpaired) electrons. The van der Waals surface area contributed by atoms with Gasteiger partial charge in [0, 0.05) is 22.7 Å². The predicted octanol–water partition coefficient (Wildman–Crippen LogP) is 3.82. The summed E-state index contributed by atoms with van der Waals surface area (Å²) in [4.78, 5) is 47.3. The zero-order chi connectivity index (χ0) is 26.0. The topological polar surface area (TPSA) is 146 Å². The van der Waals surface area contributed by atoms with Crippen molar-refractivity contribution in [1.82, 2.24) is 10.6 Å². The van der Waals surface area contributed by atoms with E-state index in [9.17, 15) is 19.2 Å². The van der Waals surface area contributed by atoms with Crippen molar-refractivity contribution in [3.63, 3.8) is 0 Å². The summed E-state index contributed by atoms with van der Waals surface area (Å²) >= 11 is 17.2. The third-order valence-corrected chi connectivity index (χ3v) is 5.01. The second kappa shape index (κ2) is 13.5. The molecule has 2 aromatic carbocycles. The van der Waals surface area contributed by atoms with Crippen LogP contribution in [-0.2, 0) is 20.7 Å². The molecule has 0 aliphatic carbocycles. The fourth-order valence-electron chi connectivity index (χ4n) is 2.81. The molecule has 35 heavy (non-hydrogen) atoms. The number of anilines is 2. The number of hydrogen-bond acceptors (Lipinski definition) is 6. The molecule has 0 heterocycles. The number of halogens is 2. The lowest BCUT2D eigenvalue weighted by molar-refractivity contribution is -0.137. The van der Waals surface area contributed by atoms with Gasteiger partial charge in [-0.05, 0) is 61.5 Å². The number of carbonyl (C=O) groups excluding carboxylic acids is 3. The highest BCUT2D eigenvalue weighted by Crippen LogP contribution is 2.31. The average molecular weight is 541 g/mol. The first-order valence-electron chi connectivity index (χ1n) is 10.2. The number of thiocarbonyl (C=S) groups is 1. The van der Waals surface area contributed by atoms with Crippen LogP contribution in [0.4, 0.5) is 16.2 Å². The lowest BCUT2D eigenvalue weighted by Crippen LogP contribution is -2.35. The molecule has 10 nitrogen and oxygen atoms in total. The summed E-state index contributed by atoms with van der Waals surface area (Å²) in [6, 6.07) is 9.16. The van der Waals surface area contributed by atoms with Crippen LogP contribution in [0.5, 0.6) is 0 Å². The van der Waals surface area contributed by atoms with E-state index >= 15 is 0 Å². The van der Waals surface area contributed by atoms with E-state index in [4.69, 9.17) is 45.3 Å². The van der Waals surface area contributed by atoms with Gasteiger partial charge in [-0.15, -0.1) is 0 Å². The third-order valence-electron chi connectivity index (χ3n) is 4.29. The minimum absolute atomic E-state index is 0.0149. The molecule has 2 aromatic rings. The molecule has 3 amide bonds. The Kier molecular flexibility index (Phi) is 10.7. The average Bonchev–Trinajstić information content (AvgIpc) is 2.78. The van der Waals surface area contributed by atoms with Crippen LogP contribution in [0.25, 0.3) is 0 Å². The molecule has 0 aliphatic rings. The number of aryl methyl sites for hydroxylation is 1. The smallest absolute Gasteiger partial charge is 0.413 e. The number of ether oxygens (including phenoxy) is 1. The van der Waals surface area contributed by atoms with E-state index in [0.29, 0.717) is 16.3 Å². The number of hydrogen-bond donors (Lipinski definition) is 5. The quantitative estimate of drug-likeness (QED) is 0.301. The molecule has 13 heteroatoms. The Balaban J connectivity index is 1.98. The van der Waals surface area contributed by atoms with Crippen LogP contribution in [0.1, 0.15) is 29.3 Å². The Bertz CT molecular complexity index is 1140. The van der Waals surface area contributed by atoms with Crippen LogP contribution in [0.2, 0.25) is 10.0 Å². The second-order valence-corrected chi connectivity index (χ2v) is 8.18. The maximum atomic E-state index is 12.5. The van der Waals surface area contributed by atoms with E-state index in [1.165, 1.54) is 24.3 Å². The summed E-state index contributed by atoms with van der Waals surface area (Å²) in [5, 5.41) is 19.5. The van der Waals surface area contributed by atoms with Crippen LogP contribution < -0.4 is 21.3 Å². The number of alkyl carbamates (subject to hydrolysis) is 1. The van der Waals surface area contributed by atoms with E-state index in [-0.39, 0.29) is 47.4 Å². The number of carbonyl (C=O) groups is 4. The van der Waals surface area contributed by atoms with Crippen LogP contribution in [0, 0.1) is 0 Å². The molecule has 0 atom stereocenters. The molecule has 2 rings (SSSR count). The lowest BCUT2D eigenvalue weighted by atomic mass is 10.1. The Labute approximate surface area is 216 Å². The van der Waals surface area contributed by atoms with Gasteiger partial charge in [-0.25, -0.2) is 4.79 Å². The molecule has 0 saturated heterocycles. The molecule has 0 unspecified atom stereocenters. The highest BCUT2D eigenvalue weighted by molar-refractivity contribution is 7.80. The van der Waals surface area contributed by atoms with Gasteiger partial charge in [-0.1, -0.05) is 29.3 Å². The molecular weight excluding hydrogens is 519 g/mol. The van der Waals surface area contributed by atoms with E-state index in [1.807, 2.05) is 0 Å². The highest BCUT2D eigenvalue weighted by atomic mass is 35.5. The first kappa shape index (κ1) is 27.8. The minimum Gasteiger partial charge on any atom is -0.481 e. The maximum absolute atomic E-state index is 12.5. The SMILES string of the molecule is CCOC(=O)NC(=S)Nc1cccc(C(=O)NCC(=O)Nc2c(Cl)cc(Cl)cc2CCC(=O)O)c1. The lowest BCUT2D eigenvalue weighted by Gasteiger charge is -2.14. The predicted molar refractivity (Wildman–Crippen MR) is 136 cm³/mol. The van der Waals surface area contributed by atoms with E-state index in [0.717, 1.165) is 0 Å². The number of aliphatic carboxylic acids is 1. The fraction of sp³-hybridized carbons (Fsp3) is 0.227. The number of benzene rings is 2. The summed E-state index contributed by atoms with van der Waals surface area (Å²) in [5.41, 5.74) is 1.34. The third kappa shape index (κ3) is 9.39. The van der Waals surface area contributed by atoms with Crippen LogP contribution in [0.15, 0.2) is 36.4 Å². The van der Waals surface area contributed by atoms with Crippen molar-refractivity contribution < 1.29 is 29.0 Å². The first-order chi connectivity index (χ1) is 16.6. The molecule has 5 N–H and O–H groups in total. The van der Waals surface area contributed by atoms with Crippen molar-refractivity contribution in [1.29, 1.82) is 0 Å². The molecule has 0 aliphatic heterocycles. The van der Waals surface area contributed by atoms with E-state index in [2.05, 4.69) is 21.3 Å². The molecule has 0 bridgehead atoms. The Morgan fingerprint density at radius 3 is 2.51 bits per heavy atom. The number of amides is 3. The van der Waals surface area contributed by atoms with Gasteiger partial charge in [0.05, 0.1) is 23.9 Å². The van der Waals surface area contributed by atoms with Gasteiger partial charge in [0.2, 0.25) is 5.91 Å². The summed E-state index contributed by atoms with van der Waals surface area (Å²) in [6.45, 7) is 1.46. The van der Waals surface area contributed by atoms with Crippen LogP contribution in [0.3, 0.4) is 0 Å². The Morgan fingerprint density at radius 1 is 1.09 bits per heavy atom. The summed E-state index contributed by atoms with van der Waals surface area (Å²) < 4.78 is 4.73. The number of carboxylic acids is 1. The molecule has 186 valence electrons. The highest BCUT2D eigenvalue weighted by Gasteiger charge is 2.15.